The van der Waals surface area contributed by atoms with Crippen LogP contribution in [0.3, 0.4) is 0 Å². The normalized spacial score (nSPS) is 11.0. The summed E-state index contributed by atoms with van der Waals surface area (Å²) in [6.45, 7) is 1.92. The fourth-order valence-corrected chi connectivity index (χ4v) is 3.57. The molecule has 0 saturated heterocycles. The smallest absolute Gasteiger partial charge is 0.260 e. The van der Waals surface area contributed by atoms with E-state index in [2.05, 4.69) is 20.9 Å². The van der Waals surface area contributed by atoms with Gasteiger partial charge in [0.05, 0.1) is 5.69 Å². The van der Waals surface area contributed by atoms with Gasteiger partial charge in [-0.1, -0.05) is 28.1 Å². The van der Waals surface area contributed by atoms with E-state index in [1.165, 1.54) is 11.3 Å². The lowest BCUT2D eigenvalue weighted by Crippen LogP contribution is -2.10. The van der Waals surface area contributed by atoms with E-state index >= 15 is 0 Å². The number of hydrogen-bond acceptors (Lipinski definition) is 4. The van der Waals surface area contributed by atoms with Gasteiger partial charge in [0.25, 0.3) is 5.91 Å². The number of amides is 1. The van der Waals surface area contributed by atoms with Crippen molar-refractivity contribution in [1.82, 2.24) is 4.98 Å². The van der Waals surface area contributed by atoms with Crippen molar-refractivity contribution < 1.29 is 4.79 Å². The predicted molar refractivity (Wildman–Crippen MR) is 90.4 cm³/mol. The van der Waals surface area contributed by atoms with Gasteiger partial charge in [0.2, 0.25) is 0 Å². The number of nitrogen functional groups attached to an aromatic ring is 1. The number of fused-ring (bicyclic) bond motifs is 1. The maximum atomic E-state index is 11.5. The Morgan fingerprint density at radius 3 is 2.57 bits per heavy atom. The number of nitrogens with zero attached hydrogens (tertiary/aromatic N) is 1. The molecule has 0 aliphatic rings. The Labute approximate surface area is 133 Å². The Morgan fingerprint density at radius 1 is 1.29 bits per heavy atom. The molecule has 0 aliphatic heterocycles. The number of aromatic nitrogens is 1. The lowest BCUT2D eigenvalue weighted by atomic mass is 10.0. The molecule has 0 unspecified atom stereocenters. The molecular formula is C15H12BrN3OS. The van der Waals surface area contributed by atoms with Crippen LogP contribution in [0.25, 0.3) is 21.3 Å². The molecule has 0 radical (unpaired) electrons. The van der Waals surface area contributed by atoms with Gasteiger partial charge in [-0.25, -0.2) is 4.98 Å². The lowest BCUT2D eigenvalue weighted by molar-refractivity contribution is 0.100. The minimum Gasteiger partial charge on any atom is -0.397 e. The summed E-state index contributed by atoms with van der Waals surface area (Å²) in [6, 6.07) is 9.90. The zero-order chi connectivity index (χ0) is 15.1. The summed E-state index contributed by atoms with van der Waals surface area (Å²) in [4.78, 5) is 17.1. The molecule has 0 fully saturated rings. The third-order valence-corrected chi connectivity index (χ3v) is 4.85. The monoisotopic (exact) mass is 361 g/mol. The summed E-state index contributed by atoms with van der Waals surface area (Å²) >= 11 is 4.66. The highest BCUT2D eigenvalue weighted by Gasteiger charge is 2.18. The topological polar surface area (TPSA) is 82.0 Å². The minimum absolute atomic E-state index is 0.362. The van der Waals surface area contributed by atoms with Gasteiger partial charge in [-0.3, -0.25) is 4.79 Å². The van der Waals surface area contributed by atoms with Gasteiger partial charge in [-0.05, 0) is 36.2 Å². The molecule has 0 spiro atoms. The average Bonchev–Trinajstić information content (AvgIpc) is 2.76. The van der Waals surface area contributed by atoms with Crippen LogP contribution in [0.1, 0.15) is 15.4 Å². The third kappa shape index (κ3) is 2.41. The fraction of sp³-hybridized carbons (Fsp3) is 0.0667. The van der Waals surface area contributed by atoms with Crippen LogP contribution in [0.5, 0.6) is 0 Å². The highest BCUT2D eigenvalue weighted by molar-refractivity contribution is 9.10. The highest BCUT2D eigenvalue weighted by Crippen LogP contribution is 2.39. The second kappa shape index (κ2) is 5.13. The van der Waals surface area contributed by atoms with Gasteiger partial charge in [-0.2, -0.15) is 0 Å². The number of anilines is 1. The second-order valence-electron chi connectivity index (χ2n) is 4.71. The molecule has 106 valence electrons. The number of rotatable bonds is 2. The van der Waals surface area contributed by atoms with Crippen molar-refractivity contribution in [2.45, 2.75) is 6.92 Å². The summed E-state index contributed by atoms with van der Waals surface area (Å²) < 4.78 is 1.00. The van der Waals surface area contributed by atoms with Crippen molar-refractivity contribution in [2.24, 2.45) is 5.73 Å². The molecule has 3 rings (SSSR count). The summed E-state index contributed by atoms with van der Waals surface area (Å²) in [6.07, 6.45) is 0. The van der Waals surface area contributed by atoms with Crippen LogP contribution in [0.2, 0.25) is 0 Å². The van der Waals surface area contributed by atoms with Gasteiger partial charge in [0, 0.05) is 15.6 Å². The number of hydrogen-bond donors (Lipinski definition) is 2. The number of benzene rings is 1. The number of halogens is 1. The second-order valence-corrected chi connectivity index (χ2v) is 6.62. The largest absolute Gasteiger partial charge is 0.397 e. The maximum Gasteiger partial charge on any atom is 0.260 e. The summed E-state index contributed by atoms with van der Waals surface area (Å²) in [7, 11) is 0. The number of carbonyl (C=O) groups is 1. The van der Waals surface area contributed by atoms with Gasteiger partial charge in [0.15, 0.2) is 0 Å². The van der Waals surface area contributed by atoms with Crippen LogP contribution in [0, 0.1) is 6.92 Å². The summed E-state index contributed by atoms with van der Waals surface area (Å²) in [5.41, 5.74) is 14.8. The minimum atomic E-state index is -0.519. The molecule has 0 atom stereocenters. The van der Waals surface area contributed by atoms with Gasteiger partial charge < -0.3 is 11.5 Å². The van der Waals surface area contributed by atoms with Crippen molar-refractivity contribution in [3.8, 4) is 11.1 Å². The van der Waals surface area contributed by atoms with E-state index in [1.807, 2.05) is 37.3 Å². The van der Waals surface area contributed by atoms with Crippen LogP contribution in [-0.2, 0) is 0 Å². The van der Waals surface area contributed by atoms with Crippen LogP contribution in [-0.4, -0.2) is 10.9 Å². The van der Waals surface area contributed by atoms with E-state index in [0.29, 0.717) is 10.6 Å². The van der Waals surface area contributed by atoms with Gasteiger partial charge >= 0.3 is 0 Å². The van der Waals surface area contributed by atoms with E-state index in [4.69, 9.17) is 11.5 Å². The quantitative estimate of drug-likeness (QED) is 0.729. The molecule has 6 heteroatoms. The maximum absolute atomic E-state index is 11.5. The Balaban J connectivity index is 2.36. The molecule has 2 heterocycles. The molecule has 4 N–H and O–H groups in total. The van der Waals surface area contributed by atoms with E-state index in [0.717, 1.165) is 31.5 Å². The van der Waals surface area contributed by atoms with E-state index in [9.17, 15) is 4.79 Å². The molecule has 3 aromatic rings. The van der Waals surface area contributed by atoms with Crippen molar-refractivity contribution in [1.29, 1.82) is 0 Å². The first-order valence-corrected chi connectivity index (χ1v) is 7.83. The molecule has 1 amide bonds. The predicted octanol–water partition coefficient (Wildman–Crippen LogP) is 3.72. The standard InChI is InChI=1S/C15H12BrN3OS/c1-7-6-10(8-2-4-9(16)5-3-8)11-12(17)13(14(18)20)21-15(11)19-7/h2-6H,17H2,1H3,(H2,18,20). The molecule has 0 bridgehead atoms. The Hall–Kier alpha value is -1.92. The Morgan fingerprint density at radius 2 is 1.95 bits per heavy atom. The van der Waals surface area contributed by atoms with E-state index in [1.54, 1.807) is 0 Å². The fourth-order valence-electron chi connectivity index (χ4n) is 2.28. The number of aryl methyl sites for hydroxylation is 1. The van der Waals surface area contributed by atoms with Gasteiger partial charge in [0.1, 0.15) is 9.71 Å². The number of nitrogens with two attached hydrogens (primary N) is 2. The Bertz CT molecular complexity index is 855. The summed E-state index contributed by atoms with van der Waals surface area (Å²) in [5.74, 6) is -0.519. The summed E-state index contributed by atoms with van der Waals surface area (Å²) in [5, 5.41) is 0.793. The number of pyridine rings is 1. The number of thiophene rings is 1. The first kappa shape index (κ1) is 14.0. The molecular weight excluding hydrogens is 350 g/mol. The first-order chi connectivity index (χ1) is 9.97. The van der Waals surface area contributed by atoms with E-state index < -0.39 is 5.91 Å². The molecule has 2 aromatic heterocycles. The number of primary amides is 1. The zero-order valence-electron chi connectivity index (χ0n) is 11.2. The number of carbonyl (C=O) groups excluding carboxylic acids is 1. The van der Waals surface area contributed by atoms with Crippen LogP contribution >= 0.6 is 27.3 Å². The average molecular weight is 362 g/mol. The molecule has 0 saturated carbocycles. The van der Waals surface area contributed by atoms with Crippen LogP contribution in [0.4, 0.5) is 5.69 Å². The Kier molecular flexibility index (Phi) is 3.43. The molecule has 1 aromatic carbocycles. The highest BCUT2D eigenvalue weighted by atomic mass is 79.9. The van der Waals surface area contributed by atoms with E-state index in [-0.39, 0.29) is 0 Å². The van der Waals surface area contributed by atoms with Crippen LogP contribution in [0.15, 0.2) is 34.8 Å². The molecule has 0 aliphatic carbocycles. The zero-order valence-corrected chi connectivity index (χ0v) is 13.6. The molecule has 21 heavy (non-hydrogen) atoms. The molecule has 4 nitrogen and oxygen atoms in total. The lowest BCUT2D eigenvalue weighted by Gasteiger charge is -2.06. The SMILES string of the molecule is Cc1cc(-c2ccc(Br)cc2)c2c(N)c(C(N)=O)sc2n1. The van der Waals surface area contributed by atoms with Crippen molar-refractivity contribution in [3.05, 3.63) is 45.4 Å². The van der Waals surface area contributed by atoms with Gasteiger partial charge in [-0.15, -0.1) is 11.3 Å². The van der Waals surface area contributed by atoms with Crippen molar-refractivity contribution in [2.75, 3.05) is 5.73 Å². The van der Waals surface area contributed by atoms with Crippen LogP contribution < -0.4 is 11.5 Å². The van der Waals surface area contributed by atoms with Crippen molar-refractivity contribution >= 4 is 49.1 Å². The third-order valence-electron chi connectivity index (χ3n) is 3.21. The first-order valence-electron chi connectivity index (χ1n) is 6.22. The van der Waals surface area contributed by atoms with Crippen molar-refractivity contribution in [3.63, 3.8) is 0 Å².